The minimum atomic E-state index is -0.669. The highest BCUT2D eigenvalue weighted by Crippen LogP contribution is 2.24. The summed E-state index contributed by atoms with van der Waals surface area (Å²) in [5, 5.41) is 3.06. The average Bonchev–Trinajstić information content (AvgIpc) is 2.84. The van der Waals surface area contributed by atoms with Gasteiger partial charge < -0.3 is 14.8 Å². The van der Waals surface area contributed by atoms with Crippen molar-refractivity contribution in [3.05, 3.63) is 60.2 Å². The minimum Gasteiger partial charge on any atom is -0.457 e. The minimum absolute atomic E-state index is 0.119. The van der Waals surface area contributed by atoms with Crippen molar-refractivity contribution in [3.8, 4) is 11.5 Å². The maximum absolute atomic E-state index is 12.9. The lowest BCUT2D eigenvalue weighted by Crippen LogP contribution is -2.51. The number of ether oxygens (including phenoxy) is 2. The van der Waals surface area contributed by atoms with E-state index in [2.05, 4.69) is 10.8 Å². The van der Waals surface area contributed by atoms with Gasteiger partial charge in [0.1, 0.15) is 11.5 Å². The van der Waals surface area contributed by atoms with Crippen LogP contribution in [0, 0.1) is 0 Å². The Kier molecular flexibility index (Phi) is 8.64. The number of hydroxylamine groups is 1. The first kappa shape index (κ1) is 23.8. The van der Waals surface area contributed by atoms with E-state index in [0.717, 1.165) is 25.0 Å². The van der Waals surface area contributed by atoms with E-state index >= 15 is 0 Å². The Morgan fingerprint density at radius 2 is 1.69 bits per heavy atom. The third kappa shape index (κ3) is 6.80. The summed E-state index contributed by atoms with van der Waals surface area (Å²) >= 11 is 0. The van der Waals surface area contributed by atoms with Crippen molar-refractivity contribution in [2.45, 2.75) is 64.2 Å². The van der Waals surface area contributed by atoms with Crippen molar-refractivity contribution in [2.75, 3.05) is 6.61 Å². The van der Waals surface area contributed by atoms with E-state index in [4.69, 9.17) is 14.3 Å². The lowest BCUT2D eigenvalue weighted by molar-refractivity contribution is -0.201. The van der Waals surface area contributed by atoms with E-state index in [9.17, 15) is 9.59 Å². The van der Waals surface area contributed by atoms with Crippen molar-refractivity contribution in [3.63, 3.8) is 0 Å². The summed E-state index contributed by atoms with van der Waals surface area (Å²) < 4.78 is 11.2. The second kappa shape index (κ2) is 11.6. The Morgan fingerprint density at radius 3 is 2.31 bits per heavy atom. The SMILES string of the molecule is CCC(CC)(CC(=O)NOC1CCCCO1)NC(=O)c1ccc(Oc2ccccc2)cc1. The van der Waals surface area contributed by atoms with E-state index in [0.29, 0.717) is 30.8 Å². The third-order valence-electron chi connectivity index (χ3n) is 5.77. The molecule has 0 radical (unpaired) electrons. The first-order valence-corrected chi connectivity index (χ1v) is 11.2. The fourth-order valence-corrected chi connectivity index (χ4v) is 3.61. The molecule has 1 heterocycles. The molecule has 32 heavy (non-hydrogen) atoms. The van der Waals surface area contributed by atoms with Gasteiger partial charge in [-0.15, -0.1) is 0 Å². The van der Waals surface area contributed by atoms with Crippen LogP contribution in [0.2, 0.25) is 0 Å². The maximum atomic E-state index is 12.9. The Bertz CT molecular complexity index is 860. The largest absolute Gasteiger partial charge is 0.457 e. The zero-order valence-corrected chi connectivity index (χ0v) is 18.8. The summed E-state index contributed by atoms with van der Waals surface area (Å²) in [7, 11) is 0. The molecule has 2 aromatic rings. The van der Waals surface area contributed by atoms with Crippen LogP contribution in [-0.4, -0.2) is 30.3 Å². The lowest BCUT2D eigenvalue weighted by atomic mass is 9.88. The predicted octanol–water partition coefficient (Wildman–Crippen LogP) is 4.73. The van der Waals surface area contributed by atoms with Gasteiger partial charge in [0.15, 0.2) is 6.29 Å². The molecule has 7 heteroatoms. The normalized spacial score (nSPS) is 16.2. The second-order valence-electron chi connectivity index (χ2n) is 8.00. The summed E-state index contributed by atoms with van der Waals surface area (Å²) in [4.78, 5) is 30.8. The standard InChI is InChI=1S/C25H32N2O5/c1-3-25(4-2,18-22(28)27-32-23-12-8-9-17-30-23)26-24(29)19-13-15-21(16-14-19)31-20-10-6-5-7-11-20/h5-7,10-11,13-16,23H,3-4,8-9,12,17-18H2,1-2H3,(H,26,29)(H,27,28). The van der Waals surface area contributed by atoms with Gasteiger partial charge in [-0.1, -0.05) is 32.0 Å². The molecule has 0 spiro atoms. The number of para-hydroxylation sites is 1. The Hall–Kier alpha value is -2.90. The monoisotopic (exact) mass is 440 g/mol. The average molecular weight is 441 g/mol. The fraction of sp³-hybridized carbons (Fsp3) is 0.440. The summed E-state index contributed by atoms with van der Waals surface area (Å²) in [6.07, 6.45) is 3.71. The number of hydrogen-bond donors (Lipinski definition) is 2. The summed E-state index contributed by atoms with van der Waals surface area (Å²) in [6, 6.07) is 16.4. The molecule has 2 amide bonds. The first-order chi connectivity index (χ1) is 15.5. The van der Waals surface area contributed by atoms with Crippen molar-refractivity contribution in [1.82, 2.24) is 10.8 Å². The smallest absolute Gasteiger partial charge is 0.251 e. The van der Waals surface area contributed by atoms with Crippen LogP contribution in [0.4, 0.5) is 0 Å². The van der Waals surface area contributed by atoms with Crippen molar-refractivity contribution >= 4 is 11.8 Å². The highest BCUT2D eigenvalue weighted by Gasteiger charge is 2.32. The van der Waals surface area contributed by atoms with E-state index in [1.807, 2.05) is 44.2 Å². The predicted molar refractivity (Wildman–Crippen MR) is 121 cm³/mol. The highest BCUT2D eigenvalue weighted by molar-refractivity contribution is 5.95. The number of benzene rings is 2. The van der Waals surface area contributed by atoms with Gasteiger partial charge in [0.25, 0.3) is 5.91 Å². The summed E-state index contributed by atoms with van der Waals surface area (Å²) in [5.41, 5.74) is 2.32. The lowest BCUT2D eigenvalue weighted by Gasteiger charge is -2.32. The van der Waals surface area contributed by atoms with Gasteiger partial charge >= 0.3 is 0 Å². The molecule has 0 aromatic heterocycles. The molecular formula is C25H32N2O5. The highest BCUT2D eigenvalue weighted by atomic mass is 16.8. The molecule has 1 fully saturated rings. The number of carbonyl (C=O) groups is 2. The second-order valence-corrected chi connectivity index (χ2v) is 8.00. The van der Waals surface area contributed by atoms with E-state index in [-0.39, 0.29) is 18.2 Å². The molecule has 2 N–H and O–H groups in total. The van der Waals surface area contributed by atoms with Crippen LogP contribution in [0.5, 0.6) is 11.5 Å². The van der Waals surface area contributed by atoms with Crippen molar-refractivity contribution in [1.29, 1.82) is 0 Å². The molecule has 3 rings (SSSR count). The maximum Gasteiger partial charge on any atom is 0.251 e. The third-order valence-corrected chi connectivity index (χ3v) is 5.77. The first-order valence-electron chi connectivity index (χ1n) is 11.2. The van der Waals surface area contributed by atoms with Gasteiger partial charge in [0, 0.05) is 24.1 Å². The van der Waals surface area contributed by atoms with Gasteiger partial charge in [-0.2, -0.15) is 0 Å². The number of hydrogen-bond acceptors (Lipinski definition) is 5. The quantitative estimate of drug-likeness (QED) is 0.522. The van der Waals surface area contributed by atoms with Gasteiger partial charge in [0.2, 0.25) is 5.91 Å². The molecule has 2 aromatic carbocycles. The van der Waals surface area contributed by atoms with Gasteiger partial charge in [0.05, 0.1) is 6.42 Å². The zero-order valence-electron chi connectivity index (χ0n) is 18.8. The Balaban J connectivity index is 1.56. The van der Waals surface area contributed by atoms with Crippen LogP contribution >= 0.6 is 0 Å². The molecular weight excluding hydrogens is 408 g/mol. The molecule has 1 atom stereocenters. The number of nitrogens with one attached hydrogen (secondary N) is 2. The number of carbonyl (C=O) groups excluding carboxylic acids is 2. The molecule has 1 saturated heterocycles. The Morgan fingerprint density at radius 1 is 1.00 bits per heavy atom. The van der Waals surface area contributed by atoms with Gasteiger partial charge in [-0.3, -0.25) is 9.59 Å². The van der Waals surface area contributed by atoms with Gasteiger partial charge in [-0.05, 0) is 62.1 Å². The van der Waals surface area contributed by atoms with Crippen molar-refractivity contribution < 1.29 is 23.9 Å². The summed E-state index contributed by atoms with van der Waals surface area (Å²) in [5.74, 6) is 0.859. The van der Waals surface area contributed by atoms with Crippen LogP contribution in [0.3, 0.4) is 0 Å². The van der Waals surface area contributed by atoms with E-state index < -0.39 is 11.8 Å². The van der Waals surface area contributed by atoms with Crippen LogP contribution in [0.25, 0.3) is 0 Å². The number of amides is 2. The summed E-state index contributed by atoms with van der Waals surface area (Å²) in [6.45, 7) is 4.55. The van der Waals surface area contributed by atoms with Crippen LogP contribution in [0.15, 0.2) is 54.6 Å². The van der Waals surface area contributed by atoms with Crippen LogP contribution in [-0.2, 0) is 14.4 Å². The van der Waals surface area contributed by atoms with E-state index in [1.165, 1.54) is 0 Å². The fourth-order valence-electron chi connectivity index (χ4n) is 3.61. The van der Waals surface area contributed by atoms with Crippen LogP contribution in [0.1, 0.15) is 62.7 Å². The van der Waals surface area contributed by atoms with Gasteiger partial charge in [-0.25, -0.2) is 10.3 Å². The van der Waals surface area contributed by atoms with Crippen LogP contribution < -0.4 is 15.5 Å². The molecule has 1 aliphatic rings. The molecule has 7 nitrogen and oxygen atoms in total. The topological polar surface area (TPSA) is 85.9 Å². The molecule has 1 aliphatic heterocycles. The van der Waals surface area contributed by atoms with Crippen molar-refractivity contribution in [2.24, 2.45) is 0 Å². The number of rotatable bonds is 10. The molecule has 0 bridgehead atoms. The molecule has 0 saturated carbocycles. The molecule has 1 unspecified atom stereocenters. The zero-order chi connectivity index (χ0) is 22.8. The van der Waals surface area contributed by atoms with E-state index in [1.54, 1.807) is 24.3 Å². The molecule has 0 aliphatic carbocycles. The molecule has 172 valence electrons. The Labute approximate surface area is 189 Å².